The quantitative estimate of drug-likeness (QED) is 0.793. The first-order chi connectivity index (χ1) is 8.72. The molecule has 0 aliphatic heterocycles. The van der Waals surface area contributed by atoms with Crippen LogP contribution in [0.3, 0.4) is 0 Å². The molecule has 0 unspecified atom stereocenters. The van der Waals surface area contributed by atoms with E-state index in [1.165, 1.54) is 0 Å². The Morgan fingerprint density at radius 1 is 1.39 bits per heavy atom. The van der Waals surface area contributed by atoms with E-state index >= 15 is 0 Å². The number of unbranched alkanes of at least 4 members (excludes halogenated alkanes) is 1. The van der Waals surface area contributed by atoms with E-state index in [-0.39, 0.29) is 5.56 Å². The Labute approximate surface area is 106 Å². The molecule has 0 fully saturated rings. The molecule has 0 saturated heterocycles. The number of nitrogens with one attached hydrogen (secondary N) is 1. The van der Waals surface area contributed by atoms with Gasteiger partial charge in [0.05, 0.1) is 5.52 Å². The van der Waals surface area contributed by atoms with Crippen LogP contribution in [0.5, 0.6) is 0 Å². The average molecular weight is 244 g/mol. The molecule has 0 amide bonds. The number of pyridine rings is 1. The van der Waals surface area contributed by atoms with Crippen molar-refractivity contribution in [3.63, 3.8) is 0 Å². The van der Waals surface area contributed by atoms with Crippen LogP contribution >= 0.6 is 0 Å². The Hall–Kier alpha value is -2.10. The maximum absolute atomic E-state index is 11.2. The van der Waals surface area contributed by atoms with Crippen LogP contribution in [-0.4, -0.2) is 22.6 Å². The number of para-hydroxylation sites is 1. The van der Waals surface area contributed by atoms with Crippen LogP contribution < -0.4 is 5.32 Å². The molecule has 1 aromatic heterocycles. The third-order valence-corrected chi connectivity index (χ3v) is 2.78. The van der Waals surface area contributed by atoms with Gasteiger partial charge in [-0.1, -0.05) is 31.5 Å². The van der Waals surface area contributed by atoms with E-state index in [2.05, 4.69) is 17.2 Å². The van der Waals surface area contributed by atoms with Gasteiger partial charge in [0, 0.05) is 11.9 Å². The standard InChI is InChI=1S/C14H16N2O2/c1-2-3-8-15-13-11(14(17)18)9-10-6-4-5-7-12(10)16-13/h4-7,9H,2-3,8H2,1H3,(H,15,16)(H,17,18). The zero-order valence-electron chi connectivity index (χ0n) is 10.3. The Kier molecular flexibility index (Phi) is 3.77. The molecule has 0 aliphatic rings. The van der Waals surface area contributed by atoms with E-state index in [0.29, 0.717) is 5.82 Å². The molecule has 0 bridgehead atoms. The normalized spacial score (nSPS) is 10.5. The summed E-state index contributed by atoms with van der Waals surface area (Å²) in [5.74, 6) is -0.498. The van der Waals surface area contributed by atoms with Gasteiger partial charge < -0.3 is 10.4 Å². The third kappa shape index (κ3) is 2.59. The zero-order chi connectivity index (χ0) is 13.0. The maximum atomic E-state index is 11.2. The molecule has 0 saturated carbocycles. The number of carbonyl (C=O) groups is 1. The highest BCUT2D eigenvalue weighted by Crippen LogP contribution is 2.20. The Morgan fingerprint density at radius 3 is 2.89 bits per heavy atom. The van der Waals surface area contributed by atoms with Gasteiger partial charge in [-0.3, -0.25) is 0 Å². The highest BCUT2D eigenvalue weighted by Gasteiger charge is 2.12. The summed E-state index contributed by atoms with van der Waals surface area (Å²) < 4.78 is 0. The van der Waals surface area contributed by atoms with Gasteiger partial charge in [-0.15, -0.1) is 0 Å². The van der Waals surface area contributed by atoms with Crippen molar-refractivity contribution >= 4 is 22.7 Å². The lowest BCUT2D eigenvalue weighted by molar-refractivity contribution is 0.0698. The van der Waals surface area contributed by atoms with Crippen LogP contribution in [0.2, 0.25) is 0 Å². The predicted octanol–water partition coefficient (Wildman–Crippen LogP) is 3.15. The fourth-order valence-corrected chi connectivity index (χ4v) is 1.80. The predicted molar refractivity (Wildman–Crippen MR) is 72.1 cm³/mol. The fourth-order valence-electron chi connectivity index (χ4n) is 1.80. The number of nitrogens with zero attached hydrogens (tertiary/aromatic N) is 1. The summed E-state index contributed by atoms with van der Waals surface area (Å²) in [5.41, 5.74) is 1.03. The minimum Gasteiger partial charge on any atom is -0.478 e. The second-order valence-electron chi connectivity index (χ2n) is 4.16. The van der Waals surface area contributed by atoms with Gasteiger partial charge in [0.25, 0.3) is 0 Å². The topological polar surface area (TPSA) is 62.2 Å². The monoisotopic (exact) mass is 244 g/mol. The molecule has 0 spiro atoms. The van der Waals surface area contributed by atoms with E-state index in [1.54, 1.807) is 6.07 Å². The molecule has 2 rings (SSSR count). The highest BCUT2D eigenvalue weighted by molar-refractivity contribution is 5.98. The Bertz CT molecular complexity index is 567. The highest BCUT2D eigenvalue weighted by atomic mass is 16.4. The molecular weight excluding hydrogens is 228 g/mol. The Balaban J connectivity index is 2.41. The van der Waals surface area contributed by atoms with Gasteiger partial charge in [0.15, 0.2) is 0 Å². The van der Waals surface area contributed by atoms with Crippen molar-refractivity contribution < 1.29 is 9.90 Å². The molecule has 0 radical (unpaired) electrons. The van der Waals surface area contributed by atoms with Gasteiger partial charge in [-0.05, 0) is 18.6 Å². The summed E-state index contributed by atoms with van der Waals surface area (Å²) >= 11 is 0. The molecular formula is C14H16N2O2. The number of aromatic nitrogens is 1. The third-order valence-electron chi connectivity index (χ3n) is 2.78. The molecule has 4 heteroatoms. The van der Waals surface area contributed by atoms with Gasteiger partial charge in [0.2, 0.25) is 0 Å². The van der Waals surface area contributed by atoms with Crippen LogP contribution in [0, 0.1) is 0 Å². The number of anilines is 1. The summed E-state index contributed by atoms with van der Waals surface area (Å²) in [6.07, 6.45) is 2.05. The van der Waals surface area contributed by atoms with Crippen molar-refractivity contribution in [3.05, 3.63) is 35.9 Å². The number of rotatable bonds is 5. The lowest BCUT2D eigenvalue weighted by Gasteiger charge is -2.09. The summed E-state index contributed by atoms with van der Waals surface area (Å²) in [4.78, 5) is 15.6. The summed E-state index contributed by atoms with van der Waals surface area (Å²) in [7, 11) is 0. The number of hydrogen-bond acceptors (Lipinski definition) is 3. The lowest BCUT2D eigenvalue weighted by Crippen LogP contribution is -2.09. The van der Waals surface area contributed by atoms with Gasteiger partial charge in [0.1, 0.15) is 11.4 Å². The molecule has 0 aliphatic carbocycles. The number of carboxylic acids is 1. The number of carboxylic acid groups (broad SMARTS) is 1. The summed E-state index contributed by atoms with van der Waals surface area (Å²) in [6, 6.07) is 9.18. The first-order valence-electron chi connectivity index (χ1n) is 6.09. The first-order valence-corrected chi connectivity index (χ1v) is 6.09. The maximum Gasteiger partial charge on any atom is 0.339 e. The number of aromatic carboxylic acids is 1. The summed E-state index contributed by atoms with van der Waals surface area (Å²) in [6.45, 7) is 2.83. The van der Waals surface area contributed by atoms with E-state index in [1.807, 2.05) is 24.3 Å². The van der Waals surface area contributed by atoms with Crippen molar-refractivity contribution in [1.29, 1.82) is 0 Å². The Morgan fingerprint density at radius 2 is 2.17 bits per heavy atom. The first kappa shape index (κ1) is 12.4. The molecule has 2 aromatic rings. The van der Waals surface area contributed by atoms with Crippen molar-refractivity contribution in [2.45, 2.75) is 19.8 Å². The lowest BCUT2D eigenvalue weighted by atomic mass is 10.1. The van der Waals surface area contributed by atoms with Crippen LogP contribution in [0.1, 0.15) is 30.1 Å². The van der Waals surface area contributed by atoms with Crippen LogP contribution in [0.4, 0.5) is 5.82 Å². The molecule has 0 atom stereocenters. The van der Waals surface area contributed by atoms with Crippen molar-refractivity contribution in [2.24, 2.45) is 0 Å². The number of hydrogen-bond donors (Lipinski definition) is 2. The second kappa shape index (κ2) is 5.49. The molecule has 1 aromatic carbocycles. The smallest absolute Gasteiger partial charge is 0.339 e. The van der Waals surface area contributed by atoms with E-state index in [0.717, 1.165) is 30.3 Å². The van der Waals surface area contributed by atoms with Gasteiger partial charge in [-0.25, -0.2) is 9.78 Å². The number of fused-ring (bicyclic) bond motifs is 1. The van der Waals surface area contributed by atoms with E-state index in [9.17, 15) is 9.90 Å². The van der Waals surface area contributed by atoms with E-state index < -0.39 is 5.97 Å². The minimum atomic E-state index is -0.952. The van der Waals surface area contributed by atoms with Crippen LogP contribution in [0.15, 0.2) is 30.3 Å². The van der Waals surface area contributed by atoms with Crippen molar-refractivity contribution in [2.75, 3.05) is 11.9 Å². The molecule has 18 heavy (non-hydrogen) atoms. The molecule has 1 heterocycles. The molecule has 94 valence electrons. The van der Waals surface area contributed by atoms with Gasteiger partial charge in [-0.2, -0.15) is 0 Å². The zero-order valence-corrected chi connectivity index (χ0v) is 10.3. The van der Waals surface area contributed by atoms with Gasteiger partial charge >= 0.3 is 5.97 Å². The average Bonchev–Trinajstić information content (AvgIpc) is 2.38. The fraction of sp³-hybridized carbons (Fsp3) is 0.286. The second-order valence-corrected chi connectivity index (χ2v) is 4.16. The van der Waals surface area contributed by atoms with Crippen LogP contribution in [0.25, 0.3) is 10.9 Å². The van der Waals surface area contributed by atoms with Crippen LogP contribution in [-0.2, 0) is 0 Å². The van der Waals surface area contributed by atoms with Crippen molar-refractivity contribution in [3.8, 4) is 0 Å². The molecule has 2 N–H and O–H groups in total. The SMILES string of the molecule is CCCCNc1nc2ccccc2cc1C(=O)O. The molecule has 4 nitrogen and oxygen atoms in total. The summed E-state index contributed by atoms with van der Waals surface area (Å²) in [5, 5.41) is 13.1. The van der Waals surface area contributed by atoms with E-state index in [4.69, 9.17) is 0 Å². The minimum absolute atomic E-state index is 0.227. The van der Waals surface area contributed by atoms with Crippen molar-refractivity contribution in [1.82, 2.24) is 4.98 Å². The number of benzene rings is 1. The largest absolute Gasteiger partial charge is 0.478 e.